The van der Waals surface area contributed by atoms with Gasteiger partial charge in [0.2, 0.25) is 0 Å². The Hall–Kier alpha value is -3.49. The molecular weight excluding hydrogens is 462 g/mol. The van der Waals surface area contributed by atoms with Gasteiger partial charge in [-0.2, -0.15) is 0 Å². The molecule has 9 heteroatoms. The number of hydrogen-bond donors (Lipinski definition) is 1. The minimum absolute atomic E-state index is 0.323. The van der Waals surface area contributed by atoms with Gasteiger partial charge in [-0.25, -0.2) is 4.98 Å². The number of esters is 1. The quantitative estimate of drug-likeness (QED) is 0.388. The molecule has 4 rings (SSSR count). The third kappa shape index (κ3) is 5.85. The number of nitrogens with zero attached hydrogens (tertiary/aromatic N) is 2. The van der Waals surface area contributed by atoms with Crippen LogP contribution in [0.25, 0.3) is 20.7 Å². The van der Waals surface area contributed by atoms with Crippen LogP contribution in [0.3, 0.4) is 0 Å². The standard InChI is InChI=1S/C24H20ClN3O4S/c25-18-8-6-16(7-9-18)10-11-26-21(29)14-32-22(30)13-28-15-27-23-19(24(28)31)12-20(33-23)17-4-2-1-3-5-17/h1-9,12,15H,10-11,13-14H2,(H,26,29). The predicted molar refractivity (Wildman–Crippen MR) is 128 cm³/mol. The summed E-state index contributed by atoms with van der Waals surface area (Å²) in [5.74, 6) is -1.10. The molecule has 0 atom stereocenters. The van der Waals surface area contributed by atoms with E-state index in [0.717, 1.165) is 16.0 Å². The van der Waals surface area contributed by atoms with Gasteiger partial charge in [0, 0.05) is 16.4 Å². The van der Waals surface area contributed by atoms with Crippen molar-refractivity contribution in [1.82, 2.24) is 14.9 Å². The van der Waals surface area contributed by atoms with Crippen molar-refractivity contribution >= 4 is 45.0 Å². The van der Waals surface area contributed by atoms with Gasteiger partial charge < -0.3 is 10.1 Å². The third-order valence-corrected chi connectivity index (χ3v) is 6.23. The smallest absolute Gasteiger partial charge is 0.326 e. The zero-order chi connectivity index (χ0) is 23.2. The Morgan fingerprint density at radius 3 is 2.61 bits per heavy atom. The normalized spacial score (nSPS) is 10.8. The zero-order valence-electron chi connectivity index (χ0n) is 17.5. The lowest BCUT2D eigenvalue weighted by Crippen LogP contribution is -2.32. The molecule has 2 heterocycles. The fourth-order valence-corrected chi connectivity index (χ4v) is 4.32. The van der Waals surface area contributed by atoms with Crippen molar-refractivity contribution in [3.63, 3.8) is 0 Å². The van der Waals surface area contributed by atoms with Gasteiger partial charge in [-0.05, 0) is 35.7 Å². The number of halogens is 1. The van der Waals surface area contributed by atoms with Crippen molar-refractivity contribution in [3.8, 4) is 10.4 Å². The minimum atomic E-state index is -0.690. The van der Waals surface area contributed by atoms with E-state index >= 15 is 0 Å². The molecule has 2 aromatic carbocycles. The predicted octanol–water partition coefficient (Wildman–Crippen LogP) is 3.68. The Morgan fingerprint density at radius 1 is 1.09 bits per heavy atom. The van der Waals surface area contributed by atoms with Crippen LogP contribution < -0.4 is 10.9 Å². The van der Waals surface area contributed by atoms with E-state index in [-0.39, 0.29) is 12.1 Å². The molecule has 33 heavy (non-hydrogen) atoms. The number of amides is 1. The first-order valence-corrected chi connectivity index (χ1v) is 11.4. The number of carbonyl (C=O) groups is 2. The Morgan fingerprint density at radius 2 is 1.85 bits per heavy atom. The lowest BCUT2D eigenvalue weighted by Gasteiger charge is -2.08. The average Bonchev–Trinajstić information content (AvgIpc) is 3.27. The number of carbonyl (C=O) groups excluding carboxylic acids is 2. The first kappa shape index (κ1) is 22.7. The van der Waals surface area contributed by atoms with Crippen molar-refractivity contribution in [2.45, 2.75) is 13.0 Å². The van der Waals surface area contributed by atoms with Crippen LogP contribution in [0.4, 0.5) is 0 Å². The number of fused-ring (bicyclic) bond motifs is 1. The summed E-state index contributed by atoms with van der Waals surface area (Å²) in [6.07, 6.45) is 1.95. The lowest BCUT2D eigenvalue weighted by molar-refractivity contribution is -0.149. The lowest BCUT2D eigenvalue weighted by atomic mass is 10.1. The van der Waals surface area contributed by atoms with E-state index in [1.54, 1.807) is 18.2 Å². The fourth-order valence-electron chi connectivity index (χ4n) is 3.20. The molecule has 0 aliphatic rings. The van der Waals surface area contributed by atoms with Crippen LogP contribution in [-0.2, 0) is 27.3 Å². The van der Waals surface area contributed by atoms with Crippen molar-refractivity contribution in [3.05, 3.63) is 87.9 Å². The number of aromatic nitrogens is 2. The molecule has 0 radical (unpaired) electrons. The molecule has 0 saturated heterocycles. The van der Waals surface area contributed by atoms with Gasteiger partial charge >= 0.3 is 5.97 Å². The highest BCUT2D eigenvalue weighted by Crippen LogP contribution is 2.30. The highest BCUT2D eigenvalue weighted by molar-refractivity contribution is 7.21. The first-order valence-electron chi connectivity index (χ1n) is 10.2. The summed E-state index contributed by atoms with van der Waals surface area (Å²) in [5.41, 5.74) is 1.69. The van der Waals surface area contributed by atoms with Gasteiger partial charge in [-0.15, -0.1) is 11.3 Å². The summed E-state index contributed by atoms with van der Waals surface area (Å²) in [4.78, 5) is 42.7. The van der Waals surface area contributed by atoms with Gasteiger partial charge in [0.05, 0.1) is 11.7 Å². The van der Waals surface area contributed by atoms with Gasteiger partial charge in [0.1, 0.15) is 11.4 Å². The van der Waals surface area contributed by atoms with Crippen molar-refractivity contribution in [1.29, 1.82) is 0 Å². The van der Waals surface area contributed by atoms with E-state index in [2.05, 4.69) is 10.3 Å². The summed E-state index contributed by atoms with van der Waals surface area (Å²) < 4.78 is 6.20. The molecule has 0 unspecified atom stereocenters. The second-order valence-electron chi connectivity index (χ2n) is 7.26. The van der Waals surface area contributed by atoms with E-state index in [9.17, 15) is 14.4 Å². The first-order chi connectivity index (χ1) is 16.0. The van der Waals surface area contributed by atoms with Crippen LogP contribution >= 0.6 is 22.9 Å². The Bertz CT molecular complexity index is 1330. The Balaban J connectivity index is 1.30. The van der Waals surface area contributed by atoms with Gasteiger partial charge in [0.25, 0.3) is 11.5 Å². The van der Waals surface area contributed by atoms with Crippen molar-refractivity contribution < 1.29 is 14.3 Å². The van der Waals surface area contributed by atoms with Crippen LogP contribution in [0, 0.1) is 0 Å². The van der Waals surface area contributed by atoms with E-state index in [0.29, 0.717) is 28.2 Å². The molecular formula is C24H20ClN3O4S. The van der Waals surface area contributed by atoms with Crippen LogP contribution in [-0.4, -0.2) is 34.6 Å². The summed E-state index contributed by atoms with van der Waals surface area (Å²) in [6, 6.07) is 18.8. The molecule has 1 amide bonds. The molecule has 168 valence electrons. The molecule has 0 spiro atoms. The topological polar surface area (TPSA) is 90.3 Å². The second kappa shape index (κ2) is 10.4. The molecule has 0 saturated carbocycles. The SMILES string of the molecule is O=C(COC(=O)Cn1cnc2sc(-c3ccccc3)cc2c1=O)NCCc1ccc(Cl)cc1. The average molecular weight is 482 g/mol. The largest absolute Gasteiger partial charge is 0.454 e. The Kier molecular flexibility index (Phi) is 7.16. The molecule has 0 aliphatic carbocycles. The van der Waals surface area contributed by atoms with E-state index < -0.39 is 18.5 Å². The van der Waals surface area contributed by atoms with Crippen LogP contribution in [0.5, 0.6) is 0 Å². The maximum Gasteiger partial charge on any atom is 0.326 e. The molecule has 0 bridgehead atoms. The third-order valence-electron chi connectivity index (χ3n) is 4.89. The number of benzene rings is 2. The van der Waals surface area contributed by atoms with Gasteiger partial charge in [-0.1, -0.05) is 54.1 Å². The summed E-state index contributed by atoms with van der Waals surface area (Å²) >= 11 is 7.26. The molecule has 4 aromatic rings. The molecule has 0 aliphatic heterocycles. The number of ether oxygens (including phenoxy) is 1. The summed E-state index contributed by atoms with van der Waals surface area (Å²) in [5, 5.41) is 3.78. The maximum absolute atomic E-state index is 12.8. The number of rotatable bonds is 8. The van der Waals surface area contributed by atoms with Crippen molar-refractivity contribution in [2.24, 2.45) is 0 Å². The van der Waals surface area contributed by atoms with Crippen LogP contribution in [0.2, 0.25) is 5.02 Å². The highest BCUT2D eigenvalue weighted by Gasteiger charge is 2.14. The molecule has 1 N–H and O–H groups in total. The summed E-state index contributed by atoms with van der Waals surface area (Å²) in [6.45, 7) is -0.337. The zero-order valence-corrected chi connectivity index (χ0v) is 19.1. The maximum atomic E-state index is 12.8. The highest BCUT2D eigenvalue weighted by atomic mass is 35.5. The van der Waals surface area contributed by atoms with Gasteiger partial charge in [-0.3, -0.25) is 19.0 Å². The van der Waals surface area contributed by atoms with Crippen molar-refractivity contribution in [2.75, 3.05) is 13.2 Å². The summed E-state index contributed by atoms with van der Waals surface area (Å²) in [7, 11) is 0. The van der Waals surface area contributed by atoms with E-state index in [4.69, 9.17) is 16.3 Å². The van der Waals surface area contributed by atoms with E-state index in [1.165, 1.54) is 22.2 Å². The minimum Gasteiger partial charge on any atom is -0.454 e. The van der Waals surface area contributed by atoms with Crippen LogP contribution in [0.1, 0.15) is 5.56 Å². The molecule has 7 nitrogen and oxygen atoms in total. The van der Waals surface area contributed by atoms with Gasteiger partial charge in [0.15, 0.2) is 6.61 Å². The Labute approximate surface area is 198 Å². The van der Waals surface area contributed by atoms with E-state index in [1.807, 2.05) is 42.5 Å². The second-order valence-corrected chi connectivity index (χ2v) is 8.73. The number of hydrogen-bond acceptors (Lipinski definition) is 6. The fraction of sp³-hybridized carbons (Fsp3) is 0.167. The monoisotopic (exact) mass is 481 g/mol. The molecule has 2 aromatic heterocycles. The van der Waals surface area contributed by atoms with Crippen LogP contribution in [0.15, 0.2) is 71.8 Å². The molecule has 0 fully saturated rings. The number of thiophene rings is 1. The number of nitrogens with one attached hydrogen (secondary N) is 1.